The van der Waals surface area contributed by atoms with Crippen molar-refractivity contribution in [1.29, 1.82) is 0 Å². The Morgan fingerprint density at radius 2 is 2.11 bits per heavy atom. The van der Waals surface area contributed by atoms with Crippen molar-refractivity contribution in [2.24, 2.45) is 0 Å². The molecule has 1 aromatic rings. The van der Waals surface area contributed by atoms with Crippen molar-refractivity contribution < 1.29 is 9.84 Å². The van der Waals surface area contributed by atoms with Gasteiger partial charge in [-0.2, -0.15) is 0 Å². The molecule has 0 bridgehead atoms. The second-order valence-corrected chi connectivity index (χ2v) is 4.77. The predicted octanol–water partition coefficient (Wildman–Crippen LogP) is 3.13. The van der Waals surface area contributed by atoms with Gasteiger partial charge in [-0.1, -0.05) is 22.9 Å². The standard InChI is InChI=1S/C13H20BrNO2.ClH/c1-3-12(9-16)15-8-10-7-11(14)5-6-13(10)17-4-2;/h5-7,12,15-16H,3-4,8-9H2,1-2H3;1H. The highest BCUT2D eigenvalue weighted by molar-refractivity contribution is 9.10. The van der Waals surface area contributed by atoms with E-state index >= 15 is 0 Å². The summed E-state index contributed by atoms with van der Waals surface area (Å²) in [6.45, 7) is 5.55. The zero-order valence-corrected chi connectivity index (χ0v) is 13.2. The van der Waals surface area contributed by atoms with Gasteiger partial charge in [0.05, 0.1) is 13.2 Å². The van der Waals surface area contributed by atoms with Gasteiger partial charge in [-0.25, -0.2) is 0 Å². The maximum atomic E-state index is 9.13. The molecule has 0 aliphatic rings. The fraction of sp³-hybridized carbons (Fsp3) is 0.538. The van der Waals surface area contributed by atoms with Crippen LogP contribution in [0.2, 0.25) is 0 Å². The molecule has 0 saturated carbocycles. The fourth-order valence-corrected chi connectivity index (χ4v) is 1.98. The average Bonchev–Trinajstić information content (AvgIpc) is 2.34. The van der Waals surface area contributed by atoms with Crippen LogP contribution < -0.4 is 10.1 Å². The third kappa shape index (κ3) is 5.57. The van der Waals surface area contributed by atoms with Crippen molar-refractivity contribution in [1.82, 2.24) is 5.32 Å². The predicted molar refractivity (Wildman–Crippen MR) is 80.6 cm³/mol. The lowest BCUT2D eigenvalue weighted by Gasteiger charge is -2.16. The maximum Gasteiger partial charge on any atom is 0.123 e. The second-order valence-electron chi connectivity index (χ2n) is 3.85. The lowest BCUT2D eigenvalue weighted by Crippen LogP contribution is -2.31. The van der Waals surface area contributed by atoms with Crippen LogP contribution in [0.3, 0.4) is 0 Å². The third-order valence-electron chi connectivity index (χ3n) is 2.62. The molecule has 0 aromatic heterocycles. The van der Waals surface area contributed by atoms with Gasteiger partial charge in [0.15, 0.2) is 0 Å². The molecule has 0 fully saturated rings. The number of halogens is 2. The van der Waals surface area contributed by atoms with E-state index in [0.29, 0.717) is 13.2 Å². The van der Waals surface area contributed by atoms with E-state index in [0.717, 1.165) is 22.2 Å². The summed E-state index contributed by atoms with van der Waals surface area (Å²) in [6, 6.07) is 6.12. The van der Waals surface area contributed by atoms with Crippen LogP contribution in [0.4, 0.5) is 0 Å². The summed E-state index contributed by atoms with van der Waals surface area (Å²) in [4.78, 5) is 0. The van der Waals surface area contributed by atoms with Gasteiger partial charge in [-0.05, 0) is 31.5 Å². The van der Waals surface area contributed by atoms with Crippen LogP contribution in [0.5, 0.6) is 5.75 Å². The Hall–Kier alpha value is -0.290. The largest absolute Gasteiger partial charge is 0.494 e. The minimum Gasteiger partial charge on any atom is -0.494 e. The molecule has 1 aromatic carbocycles. The van der Waals surface area contributed by atoms with Crippen LogP contribution >= 0.6 is 28.3 Å². The molecule has 1 rings (SSSR count). The molecule has 5 heteroatoms. The van der Waals surface area contributed by atoms with Crippen LogP contribution in [0, 0.1) is 0 Å². The minimum absolute atomic E-state index is 0. The zero-order valence-electron chi connectivity index (χ0n) is 10.8. The number of nitrogens with one attached hydrogen (secondary N) is 1. The minimum atomic E-state index is 0. The molecule has 0 heterocycles. The van der Waals surface area contributed by atoms with Gasteiger partial charge in [-0.3, -0.25) is 0 Å². The van der Waals surface area contributed by atoms with E-state index in [1.165, 1.54) is 0 Å². The first-order valence-corrected chi connectivity index (χ1v) is 6.76. The highest BCUT2D eigenvalue weighted by atomic mass is 79.9. The van der Waals surface area contributed by atoms with E-state index < -0.39 is 0 Å². The molecule has 0 radical (unpaired) electrons. The molecule has 1 unspecified atom stereocenters. The number of rotatable bonds is 7. The number of hydrogen-bond donors (Lipinski definition) is 2. The molecular weight excluding hydrogens is 318 g/mol. The molecule has 0 amide bonds. The SMILES string of the molecule is CCOc1ccc(Br)cc1CNC(CC)CO.Cl. The van der Waals surface area contributed by atoms with Gasteiger partial charge in [0, 0.05) is 22.6 Å². The van der Waals surface area contributed by atoms with Gasteiger partial charge >= 0.3 is 0 Å². The molecule has 0 aliphatic carbocycles. The lowest BCUT2D eigenvalue weighted by atomic mass is 10.1. The van der Waals surface area contributed by atoms with Crippen LogP contribution in [-0.4, -0.2) is 24.4 Å². The van der Waals surface area contributed by atoms with Gasteiger partial charge in [-0.15, -0.1) is 12.4 Å². The van der Waals surface area contributed by atoms with Crippen LogP contribution in [0.15, 0.2) is 22.7 Å². The van der Waals surface area contributed by atoms with Crippen molar-refractivity contribution in [3.05, 3.63) is 28.2 Å². The van der Waals surface area contributed by atoms with Gasteiger partial charge in [0.2, 0.25) is 0 Å². The third-order valence-corrected chi connectivity index (χ3v) is 3.11. The summed E-state index contributed by atoms with van der Waals surface area (Å²) in [5.74, 6) is 0.899. The Balaban J connectivity index is 0.00000289. The van der Waals surface area contributed by atoms with Crippen LogP contribution in [0.1, 0.15) is 25.8 Å². The summed E-state index contributed by atoms with van der Waals surface area (Å²) in [7, 11) is 0. The molecule has 0 saturated heterocycles. The molecule has 0 spiro atoms. The fourth-order valence-electron chi connectivity index (χ4n) is 1.57. The second kappa shape index (κ2) is 9.62. The van der Waals surface area contributed by atoms with Crippen molar-refractivity contribution in [2.45, 2.75) is 32.9 Å². The quantitative estimate of drug-likeness (QED) is 0.802. The summed E-state index contributed by atoms with van der Waals surface area (Å²) < 4.78 is 6.61. The van der Waals surface area contributed by atoms with E-state index in [2.05, 4.69) is 28.2 Å². The first-order valence-electron chi connectivity index (χ1n) is 5.96. The summed E-state index contributed by atoms with van der Waals surface area (Å²) >= 11 is 3.46. The lowest BCUT2D eigenvalue weighted by molar-refractivity contribution is 0.237. The smallest absolute Gasteiger partial charge is 0.123 e. The highest BCUT2D eigenvalue weighted by Gasteiger charge is 2.07. The van der Waals surface area contributed by atoms with Gasteiger partial charge < -0.3 is 15.2 Å². The number of ether oxygens (including phenoxy) is 1. The first-order chi connectivity index (χ1) is 8.21. The molecule has 18 heavy (non-hydrogen) atoms. The maximum absolute atomic E-state index is 9.13. The first kappa shape index (κ1) is 17.7. The highest BCUT2D eigenvalue weighted by Crippen LogP contribution is 2.23. The van der Waals surface area contributed by atoms with E-state index in [9.17, 15) is 0 Å². The van der Waals surface area contributed by atoms with E-state index in [1.54, 1.807) is 0 Å². The van der Waals surface area contributed by atoms with E-state index in [1.807, 2.05) is 25.1 Å². The summed E-state index contributed by atoms with van der Waals surface area (Å²) in [5.41, 5.74) is 1.10. The van der Waals surface area contributed by atoms with E-state index in [4.69, 9.17) is 9.84 Å². The Morgan fingerprint density at radius 1 is 1.39 bits per heavy atom. The zero-order chi connectivity index (χ0) is 12.7. The normalized spacial score (nSPS) is 11.8. The Morgan fingerprint density at radius 3 is 2.67 bits per heavy atom. The number of aliphatic hydroxyl groups is 1. The summed E-state index contributed by atoms with van der Waals surface area (Å²) in [6.07, 6.45) is 0.911. The molecular formula is C13H21BrClNO2. The number of aliphatic hydroxyl groups excluding tert-OH is 1. The molecule has 2 N–H and O–H groups in total. The van der Waals surface area contributed by atoms with Crippen LogP contribution in [-0.2, 0) is 6.54 Å². The van der Waals surface area contributed by atoms with Gasteiger partial charge in [0.25, 0.3) is 0 Å². The monoisotopic (exact) mass is 337 g/mol. The van der Waals surface area contributed by atoms with Crippen molar-refractivity contribution in [2.75, 3.05) is 13.2 Å². The van der Waals surface area contributed by atoms with Gasteiger partial charge in [0.1, 0.15) is 5.75 Å². The average molecular weight is 339 g/mol. The molecule has 0 aliphatic heterocycles. The number of hydrogen-bond acceptors (Lipinski definition) is 3. The number of benzene rings is 1. The van der Waals surface area contributed by atoms with Crippen molar-refractivity contribution in [3.8, 4) is 5.75 Å². The Kier molecular flexibility index (Phi) is 9.46. The van der Waals surface area contributed by atoms with Crippen molar-refractivity contribution in [3.63, 3.8) is 0 Å². The summed E-state index contributed by atoms with van der Waals surface area (Å²) in [5, 5.41) is 12.4. The topological polar surface area (TPSA) is 41.5 Å². The Bertz CT molecular complexity index is 346. The molecule has 3 nitrogen and oxygen atoms in total. The molecule has 1 atom stereocenters. The van der Waals surface area contributed by atoms with Crippen molar-refractivity contribution >= 4 is 28.3 Å². The molecule has 104 valence electrons. The van der Waals surface area contributed by atoms with Crippen LogP contribution in [0.25, 0.3) is 0 Å². The van der Waals surface area contributed by atoms with E-state index in [-0.39, 0.29) is 25.1 Å². The Labute approximate surface area is 123 Å².